The number of anilines is 2. The van der Waals surface area contributed by atoms with Crippen molar-refractivity contribution in [3.05, 3.63) is 17.8 Å². The van der Waals surface area contributed by atoms with E-state index in [1.807, 2.05) is 7.05 Å². The molecule has 92 valence electrons. The van der Waals surface area contributed by atoms with Crippen LogP contribution in [0.5, 0.6) is 0 Å². The van der Waals surface area contributed by atoms with E-state index in [1.165, 1.54) is 19.0 Å². The molecular weight excluding hydrogens is 216 g/mol. The van der Waals surface area contributed by atoms with Gasteiger partial charge in [-0.2, -0.15) is 0 Å². The molecule has 1 aromatic rings. The van der Waals surface area contributed by atoms with Gasteiger partial charge in [0, 0.05) is 13.1 Å². The molecule has 0 aliphatic heterocycles. The fourth-order valence-corrected chi connectivity index (χ4v) is 1.96. The number of pyridine rings is 1. The largest absolute Gasteiger partial charge is 0.397 e. The van der Waals surface area contributed by atoms with Crippen LogP contribution >= 0.6 is 0 Å². The van der Waals surface area contributed by atoms with Gasteiger partial charge in [-0.1, -0.05) is 0 Å². The Labute approximate surface area is 101 Å². The number of nitrogens with two attached hydrogens (primary N) is 2. The fraction of sp³-hybridized carbons (Fsp3) is 0.500. The van der Waals surface area contributed by atoms with Crippen LogP contribution in [0.15, 0.2) is 12.3 Å². The summed E-state index contributed by atoms with van der Waals surface area (Å²) in [6.45, 7) is 2.17. The third-order valence-electron chi connectivity index (χ3n) is 3.46. The third kappa shape index (κ3) is 2.33. The van der Waals surface area contributed by atoms with Gasteiger partial charge in [-0.15, -0.1) is 0 Å². The number of hydrogen-bond acceptors (Lipinski definition) is 4. The first-order valence-electron chi connectivity index (χ1n) is 5.79. The molecule has 0 bridgehead atoms. The highest BCUT2D eigenvalue weighted by molar-refractivity contribution is 5.98. The molecule has 1 fully saturated rings. The lowest BCUT2D eigenvalue weighted by Crippen LogP contribution is -2.31. The Morgan fingerprint density at radius 1 is 1.59 bits per heavy atom. The average Bonchev–Trinajstić information content (AvgIpc) is 3.11. The molecule has 1 aromatic heterocycles. The van der Waals surface area contributed by atoms with Crippen molar-refractivity contribution >= 4 is 17.4 Å². The molecule has 17 heavy (non-hydrogen) atoms. The summed E-state index contributed by atoms with van der Waals surface area (Å²) in [5.74, 6) is 0.961. The summed E-state index contributed by atoms with van der Waals surface area (Å²) in [4.78, 5) is 17.5. The first-order valence-corrected chi connectivity index (χ1v) is 5.79. The highest BCUT2D eigenvalue weighted by atomic mass is 16.1. The van der Waals surface area contributed by atoms with Gasteiger partial charge in [-0.05, 0) is 31.7 Å². The number of primary amides is 1. The van der Waals surface area contributed by atoms with Crippen LogP contribution in [0.4, 0.5) is 11.5 Å². The first kappa shape index (κ1) is 11.7. The van der Waals surface area contributed by atoms with E-state index in [9.17, 15) is 4.79 Å². The Kier molecular flexibility index (Phi) is 2.92. The lowest BCUT2D eigenvalue weighted by molar-refractivity contribution is 0.100. The van der Waals surface area contributed by atoms with Crippen LogP contribution in [0.25, 0.3) is 0 Å². The van der Waals surface area contributed by atoms with Crippen LogP contribution < -0.4 is 16.4 Å². The molecule has 1 aliphatic rings. The molecule has 0 spiro atoms. The van der Waals surface area contributed by atoms with Gasteiger partial charge in [0.1, 0.15) is 5.82 Å². The van der Waals surface area contributed by atoms with Gasteiger partial charge < -0.3 is 16.4 Å². The summed E-state index contributed by atoms with van der Waals surface area (Å²) < 4.78 is 0. The highest BCUT2D eigenvalue weighted by Crippen LogP contribution is 2.36. The van der Waals surface area contributed by atoms with Crippen LogP contribution in [0, 0.1) is 5.92 Å². The number of hydrogen-bond donors (Lipinski definition) is 2. The van der Waals surface area contributed by atoms with Crippen LogP contribution in [-0.2, 0) is 0 Å². The van der Waals surface area contributed by atoms with E-state index in [1.54, 1.807) is 6.07 Å². The SMILES string of the molecule is CC(C1CC1)N(C)c1cc(C(N)=O)c(N)cn1. The van der Waals surface area contributed by atoms with Crippen LogP contribution in [0.1, 0.15) is 30.1 Å². The zero-order valence-electron chi connectivity index (χ0n) is 10.2. The van der Waals surface area contributed by atoms with Gasteiger partial charge in [0.2, 0.25) is 0 Å². The second-order valence-electron chi connectivity index (χ2n) is 4.68. The Balaban J connectivity index is 2.25. The Hall–Kier alpha value is -1.78. The van der Waals surface area contributed by atoms with E-state index < -0.39 is 5.91 Å². The second kappa shape index (κ2) is 4.24. The molecule has 1 heterocycles. The smallest absolute Gasteiger partial charge is 0.250 e. The minimum absolute atomic E-state index is 0.328. The second-order valence-corrected chi connectivity index (χ2v) is 4.68. The number of amides is 1. The molecule has 1 aliphatic carbocycles. The number of nitrogen functional groups attached to an aromatic ring is 1. The van der Waals surface area contributed by atoms with Crippen molar-refractivity contribution in [2.45, 2.75) is 25.8 Å². The molecule has 1 saturated carbocycles. The zero-order valence-corrected chi connectivity index (χ0v) is 10.2. The van der Waals surface area contributed by atoms with E-state index in [0.29, 0.717) is 17.3 Å². The monoisotopic (exact) mass is 234 g/mol. The molecule has 2 rings (SSSR count). The molecule has 1 unspecified atom stereocenters. The maximum atomic E-state index is 11.2. The van der Waals surface area contributed by atoms with E-state index in [-0.39, 0.29) is 0 Å². The zero-order chi connectivity index (χ0) is 12.6. The lowest BCUT2D eigenvalue weighted by atomic mass is 10.1. The summed E-state index contributed by atoms with van der Waals surface area (Å²) in [6, 6.07) is 2.09. The van der Waals surface area contributed by atoms with Crippen molar-refractivity contribution in [3.63, 3.8) is 0 Å². The summed E-state index contributed by atoms with van der Waals surface area (Å²) >= 11 is 0. The summed E-state index contributed by atoms with van der Waals surface area (Å²) in [7, 11) is 1.98. The van der Waals surface area contributed by atoms with Crippen molar-refractivity contribution in [3.8, 4) is 0 Å². The lowest BCUT2D eigenvalue weighted by Gasteiger charge is -2.26. The van der Waals surface area contributed by atoms with Crippen LogP contribution in [0.2, 0.25) is 0 Å². The molecule has 0 aromatic carbocycles. The molecular formula is C12H18N4O. The molecule has 5 heteroatoms. The molecule has 5 nitrogen and oxygen atoms in total. The fourth-order valence-electron chi connectivity index (χ4n) is 1.96. The standard InChI is InChI=1S/C12H18N4O/c1-7(8-3-4-8)16(2)11-5-9(12(14)17)10(13)6-15-11/h5-8H,3-4,13H2,1-2H3,(H2,14,17). The van der Waals surface area contributed by atoms with Crippen molar-refractivity contribution in [2.24, 2.45) is 11.7 Å². The van der Waals surface area contributed by atoms with Gasteiger partial charge in [-0.25, -0.2) is 4.98 Å². The van der Waals surface area contributed by atoms with Crippen molar-refractivity contribution < 1.29 is 4.79 Å². The minimum atomic E-state index is -0.515. The summed E-state index contributed by atoms with van der Waals surface area (Å²) in [5.41, 5.74) is 11.6. The van der Waals surface area contributed by atoms with Gasteiger partial charge in [0.25, 0.3) is 5.91 Å². The summed E-state index contributed by atoms with van der Waals surface area (Å²) in [6.07, 6.45) is 4.03. The van der Waals surface area contributed by atoms with Gasteiger partial charge in [-0.3, -0.25) is 4.79 Å². The quantitative estimate of drug-likeness (QED) is 0.813. The molecule has 4 N–H and O–H groups in total. The molecule has 0 radical (unpaired) electrons. The number of rotatable bonds is 4. The Morgan fingerprint density at radius 2 is 2.24 bits per heavy atom. The number of carbonyl (C=O) groups excluding carboxylic acids is 1. The Bertz CT molecular complexity index is 442. The van der Waals surface area contributed by atoms with E-state index in [4.69, 9.17) is 11.5 Å². The predicted molar refractivity (Wildman–Crippen MR) is 67.8 cm³/mol. The predicted octanol–water partition coefficient (Wildman–Crippen LogP) is 0.997. The topological polar surface area (TPSA) is 85.2 Å². The van der Waals surface area contributed by atoms with Gasteiger partial charge in [0.05, 0.1) is 17.4 Å². The van der Waals surface area contributed by atoms with E-state index in [2.05, 4.69) is 16.8 Å². The first-order chi connectivity index (χ1) is 8.00. The molecule has 1 atom stereocenters. The Morgan fingerprint density at radius 3 is 2.76 bits per heavy atom. The van der Waals surface area contributed by atoms with Crippen molar-refractivity contribution in [2.75, 3.05) is 17.7 Å². The number of aromatic nitrogens is 1. The third-order valence-corrected chi connectivity index (χ3v) is 3.46. The number of nitrogens with zero attached hydrogens (tertiary/aromatic N) is 2. The van der Waals surface area contributed by atoms with Crippen molar-refractivity contribution in [1.82, 2.24) is 4.98 Å². The molecule has 0 saturated heterocycles. The minimum Gasteiger partial charge on any atom is -0.397 e. The van der Waals surface area contributed by atoms with E-state index in [0.717, 1.165) is 11.7 Å². The van der Waals surface area contributed by atoms with E-state index >= 15 is 0 Å². The molecule has 1 amide bonds. The highest BCUT2D eigenvalue weighted by Gasteiger charge is 2.31. The van der Waals surface area contributed by atoms with Gasteiger partial charge >= 0.3 is 0 Å². The maximum absolute atomic E-state index is 11.2. The van der Waals surface area contributed by atoms with Crippen molar-refractivity contribution in [1.29, 1.82) is 0 Å². The summed E-state index contributed by atoms with van der Waals surface area (Å²) in [5, 5.41) is 0. The maximum Gasteiger partial charge on any atom is 0.250 e. The van der Waals surface area contributed by atoms with Gasteiger partial charge in [0.15, 0.2) is 0 Å². The normalized spacial score (nSPS) is 16.6. The van der Waals surface area contributed by atoms with Crippen LogP contribution in [0.3, 0.4) is 0 Å². The average molecular weight is 234 g/mol. The van der Waals surface area contributed by atoms with Crippen LogP contribution in [-0.4, -0.2) is 24.0 Å². The number of carbonyl (C=O) groups is 1.